The Labute approximate surface area is 94.1 Å². The Kier molecular flexibility index (Phi) is 4.84. The molecule has 0 saturated heterocycles. The molecule has 14 heavy (non-hydrogen) atoms. The van der Waals surface area contributed by atoms with Gasteiger partial charge in [-0.3, -0.25) is 4.79 Å². The lowest BCUT2D eigenvalue weighted by Gasteiger charge is -2.03. The first-order chi connectivity index (χ1) is 6.72. The number of benzene rings is 1. The third-order valence-corrected chi connectivity index (χ3v) is 2.19. The topological polar surface area (TPSA) is 29.1 Å². The number of halogens is 1. The van der Waals surface area contributed by atoms with E-state index in [1.807, 2.05) is 12.1 Å². The van der Waals surface area contributed by atoms with Gasteiger partial charge in [-0.1, -0.05) is 23.7 Å². The molecule has 1 amide bonds. The van der Waals surface area contributed by atoms with Crippen molar-refractivity contribution >= 4 is 30.1 Å². The van der Waals surface area contributed by atoms with Gasteiger partial charge in [-0.05, 0) is 17.7 Å². The van der Waals surface area contributed by atoms with Crippen molar-refractivity contribution in [3.8, 4) is 0 Å². The van der Waals surface area contributed by atoms with Crippen molar-refractivity contribution in [3.63, 3.8) is 0 Å². The maximum Gasteiger partial charge on any atom is 0.224 e. The molecule has 0 unspecified atom stereocenters. The molecule has 0 fully saturated rings. The molecule has 0 spiro atoms. The molecule has 0 aliphatic carbocycles. The van der Waals surface area contributed by atoms with Gasteiger partial charge in [0, 0.05) is 17.3 Å². The summed E-state index contributed by atoms with van der Waals surface area (Å²) in [5.74, 6) is 0.674. The van der Waals surface area contributed by atoms with Gasteiger partial charge < -0.3 is 5.32 Å². The van der Waals surface area contributed by atoms with Gasteiger partial charge in [0.25, 0.3) is 0 Å². The summed E-state index contributed by atoms with van der Waals surface area (Å²) in [6, 6.07) is 7.26. The molecule has 1 aromatic rings. The van der Waals surface area contributed by atoms with Crippen molar-refractivity contribution in [3.05, 3.63) is 34.9 Å². The van der Waals surface area contributed by atoms with Crippen molar-refractivity contribution in [2.75, 3.05) is 12.3 Å². The quantitative estimate of drug-likeness (QED) is 0.760. The van der Waals surface area contributed by atoms with Gasteiger partial charge in [0.15, 0.2) is 0 Å². The van der Waals surface area contributed by atoms with Crippen LogP contribution in [0, 0.1) is 0 Å². The predicted molar refractivity (Wildman–Crippen MR) is 62.0 cm³/mol. The zero-order valence-corrected chi connectivity index (χ0v) is 9.31. The van der Waals surface area contributed by atoms with E-state index in [4.69, 9.17) is 11.6 Å². The lowest BCUT2D eigenvalue weighted by Crippen LogP contribution is -2.26. The molecule has 1 rings (SSSR count). The Morgan fingerprint density at radius 2 is 2.00 bits per heavy atom. The molecule has 0 atom stereocenters. The van der Waals surface area contributed by atoms with Crippen LogP contribution in [0.1, 0.15) is 5.56 Å². The van der Waals surface area contributed by atoms with Crippen LogP contribution < -0.4 is 5.32 Å². The van der Waals surface area contributed by atoms with E-state index in [2.05, 4.69) is 17.9 Å². The zero-order valence-electron chi connectivity index (χ0n) is 7.66. The Morgan fingerprint density at radius 1 is 1.36 bits per heavy atom. The molecule has 1 N–H and O–H groups in total. The van der Waals surface area contributed by atoms with Crippen LogP contribution in [0.15, 0.2) is 24.3 Å². The number of rotatable bonds is 4. The zero-order chi connectivity index (χ0) is 10.4. The number of nitrogens with one attached hydrogen (secondary N) is 1. The van der Waals surface area contributed by atoms with Crippen LogP contribution in [-0.2, 0) is 11.2 Å². The molecular formula is C10H12ClNOS. The van der Waals surface area contributed by atoms with Gasteiger partial charge >= 0.3 is 0 Å². The lowest BCUT2D eigenvalue weighted by molar-refractivity contribution is -0.120. The molecular weight excluding hydrogens is 218 g/mol. The van der Waals surface area contributed by atoms with Crippen molar-refractivity contribution in [1.82, 2.24) is 5.32 Å². The van der Waals surface area contributed by atoms with E-state index < -0.39 is 0 Å². The Balaban J connectivity index is 2.44. The summed E-state index contributed by atoms with van der Waals surface area (Å²) in [7, 11) is 0. The largest absolute Gasteiger partial charge is 0.355 e. The minimum atomic E-state index is 0.0152. The fourth-order valence-corrected chi connectivity index (χ4v) is 1.28. The van der Waals surface area contributed by atoms with E-state index in [1.54, 1.807) is 12.1 Å². The van der Waals surface area contributed by atoms with Gasteiger partial charge in [-0.25, -0.2) is 0 Å². The van der Waals surface area contributed by atoms with Crippen LogP contribution in [0.25, 0.3) is 0 Å². The highest BCUT2D eigenvalue weighted by Crippen LogP contribution is 2.09. The van der Waals surface area contributed by atoms with Gasteiger partial charge in [-0.2, -0.15) is 12.6 Å². The smallest absolute Gasteiger partial charge is 0.224 e. The number of thiol groups is 1. The van der Waals surface area contributed by atoms with Crippen LogP contribution in [0.4, 0.5) is 0 Å². The third kappa shape index (κ3) is 4.03. The summed E-state index contributed by atoms with van der Waals surface area (Å²) < 4.78 is 0. The lowest BCUT2D eigenvalue weighted by atomic mass is 10.1. The normalized spacial score (nSPS) is 9.86. The minimum Gasteiger partial charge on any atom is -0.355 e. The summed E-state index contributed by atoms with van der Waals surface area (Å²) in [5.41, 5.74) is 0.964. The fraction of sp³-hybridized carbons (Fsp3) is 0.300. The Bertz CT molecular complexity index is 299. The molecule has 76 valence electrons. The van der Waals surface area contributed by atoms with Gasteiger partial charge in [-0.15, -0.1) is 0 Å². The molecule has 2 nitrogen and oxygen atoms in total. The molecule has 0 aliphatic rings. The fourth-order valence-electron chi connectivity index (χ4n) is 1.05. The van der Waals surface area contributed by atoms with E-state index in [0.29, 0.717) is 23.7 Å². The second-order valence-corrected chi connectivity index (χ2v) is 3.76. The number of hydrogen-bond donors (Lipinski definition) is 2. The Hall–Kier alpha value is -0.670. The maximum absolute atomic E-state index is 11.3. The van der Waals surface area contributed by atoms with Crippen LogP contribution in [0.5, 0.6) is 0 Å². The van der Waals surface area contributed by atoms with Gasteiger partial charge in [0.1, 0.15) is 0 Å². The first-order valence-electron chi connectivity index (χ1n) is 4.34. The second kappa shape index (κ2) is 5.94. The predicted octanol–water partition coefficient (Wildman–Crippen LogP) is 1.93. The molecule has 0 heterocycles. The average Bonchev–Trinajstić information content (AvgIpc) is 2.18. The van der Waals surface area contributed by atoms with Crippen molar-refractivity contribution in [1.29, 1.82) is 0 Å². The van der Waals surface area contributed by atoms with Crippen molar-refractivity contribution in [2.24, 2.45) is 0 Å². The highest BCUT2D eigenvalue weighted by molar-refractivity contribution is 7.80. The number of carbonyl (C=O) groups excluding carboxylic acids is 1. The summed E-state index contributed by atoms with van der Waals surface area (Å²) in [4.78, 5) is 11.3. The van der Waals surface area contributed by atoms with E-state index >= 15 is 0 Å². The number of hydrogen-bond acceptors (Lipinski definition) is 2. The Morgan fingerprint density at radius 3 is 2.57 bits per heavy atom. The van der Waals surface area contributed by atoms with Gasteiger partial charge in [0.2, 0.25) is 5.91 Å². The van der Waals surface area contributed by atoms with Crippen LogP contribution >= 0.6 is 24.2 Å². The summed E-state index contributed by atoms with van der Waals surface area (Å²) in [5, 5.41) is 3.43. The maximum atomic E-state index is 11.3. The van der Waals surface area contributed by atoms with Crippen LogP contribution in [-0.4, -0.2) is 18.2 Å². The third-order valence-electron chi connectivity index (χ3n) is 1.71. The average molecular weight is 230 g/mol. The summed E-state index contributed by atoms with van der Waals surface area (Å²) >= 11 is 9.72. The van der Waals surface area contributed by atoms with E-state index in [9.17, 15) is 4.79 Å². The standard InChI is InChI=1S/C10H12ClNOS/c11-9-3-1-8(2-4-9)7-10(13)12-5-6-14/h1-4,14H,5-7H2,(H,12,13). The summed E-state index contributed by atoms with van der Waals surface area (Å²) in [6.45, 7) is 0.607. The van der Waals surface area contributed by atoms with E-state index in [-0.39, 0.29) is 5.91 Å². The molecule has 0 saturated carbocycles. The van der Waals surface area contributed by atoms with E-state index in [0.717, 1.165) is 5.56 Å². The highest BCUT2D eigenvalue weighted by atomic mass is 35.5. The van der Waals surface area contributed by atoms with Crippen molar-refractivity contribution < 1.29 is 4.79 Å². The highest BCUT2D eigenvalue weighted by Gasteiger charge is 2.01. The number of amides is 1. The first-order valence-corrected chi connectivity index (χ1v) is 5.35. The first kappa shape index (κ1) is 11.4. The SMILES string of the molecule is O=C(Cc1ccc(Cl)cc1)NCCS. The van der Waals surface area contributed by atoms with Gasteiger partial charge in [0.05, 0.1) is 6.42 Å². The summed E-state index contributed by atoms with van der Waals surface area (Å²) in [6.07, 6.45) is 0.394. The molecule has 4 heteroatoms. The molecule has 0 bridgehead atoms. The second-order valence-electron chi connectivity index (χ2n) is 2.88. The van der Waals surface area contributed by atoms with Crippen LogP contribution in [0.3, 0.4) is 0 Å². The molecule has 0 aliphatic heterocycles. The number of carbonyl (C=O) groups is 1. The monoisotopic (exact) mass is 229 g/mol. The van der Waals surface area contributed by atoms with Crippen LogP contribution in [0.2, 0.25) is 5.02 Å². The van der Waals surface area contributed by atoms with E-state index in [1.165, 1.54) is 0 Å². The van der Waals surface area contributed by atoms with Crippen molar-refractivity contribution in [2.45, 2.75) is 6.42 Å². The molecule has 0 aromatic heterocycles. The minimum absolute atomic E-state index is 0.0152. The molecule has 1 aromatic carbocycles. The molecule has 0 radical (unpaired) electrons.